The molecule has 0 aromatic heterocycles. The molecule has 1 atom stereocenters. The van der Waals surface area contributed by atoms with Crippen molar-refractivity contribution in [3.05, 3.63) is 24.3 Å². The monoisotopic (exact) mass is 204 g/mol. The van der Waals surface area contributed by atoms with Crippen LogP contribution in [-0.4, -0.2) is 11.1 Å². The molecular weight excluding hydrogens is 188 g/mol. The molecule has 0 fully saturated rings. The number of hydrogen-bond acceptors (Lipinski definition) is 3. The molecule has 0 aliphatic heterocycles. The zero-order valence-electron chi connectivity index (χ0n) is 9.28. The first kappa shape index (κ1) is 11.4. The number of hydrogen-bond donors (Lipinski definition) is 2. The van der Waals surface area contributed by atoms with Crippen LogP contribution in [0.2, 0.25) is 0 Å². The number of anilines is 1. The van der Waals surface area contributed by atoms with Gasteiger partial charge in [-0.3, -0.25) is 0 Å². The lowest BCUT2D eigenvalue weighted by Crippen LogP contribution is -2.32. The van der Waals surface area contributed by atoms with Crippen LogP contribution in [0, 0.1) is 16.7 Å². The van der Waals surface area contributed by atoms with Crippen LogP contribution in [0.5, 0.6) is 5.75 Å². The molecule has 1 rings (SSSR count). The van der Waals surface area contributed by atoms with Crippen LogP contribution < -0.4 is 5.32 Å². The summed E-state index contributed by atoms with van der Waals surface area (Å²) in [6, 6.07) is 8.79. The number of nitrogens with one attached hydrogen (secondary N) is 1. The molecule has 0 radical (unpaired) electrons. The second kappa shape index (κ2) is 4.22. The van der Waals surface area contributed by atoms with Gasteiger partial charge in [0.25, 0.3) is 0 Å². The van der Waals surface area contributed by atoms with E-state index in [1.165, 1.54) is 0 Å². The molecule has 3 heteroatoms. The Balaban J connectivity index is 2.87. The predicted molar refractivity (Wildman–Crippen MR) is 60.6 cm³/mol. The smallest absolute Gasteiger partial charge is 0.138 e. The van der Waals surface area contributed by atoms with Crippen molar-refractivity contribution in [2.75, 3.05) is 5.32 Å². The summed E-state index contributed by atoms with van der Waals surface area (Å²) in [5.41, 5.74) is 0.427. The van der Waals surface area contributed by atoms with Crippen LogP contribution in [0.25, 0.3) is 0 Å². The molecule has 15 heavy (non-hydrogen) atoms. The highest BCUT2D eigenvalue weighted by Gasteiger charge is 2.24. The van der Waals surface area contributed by atoms with E-state index in [-0.39, 0.29) is 17.2 Å². The van der Waals surface area contributed by atoms with Gasteiger partial charge in [0, 0.05) is 0 Å². The molecular formula is C12H16N2O. The first-order valence-corrected chi connectivity index (χ1v) is 4.89. The van der Waals surface area contributed by atoms with E-state index in [9.17, 15) is 5.11 Å². The maximum absolute atomic E-state index is 9.55. The van der Waals surface area contributed by atoms with Crippen LogP contribution in [0.3, 0.4) is 0 Å². The number of nitrogens with zero attached hydrogens (tertiary/aromatic N) is 1. The summed E-state index contributed by atoms with van der Waals surface area (Å²) < 4.78 is 0. The zero-order chi connectivity index (χ0) is 11.5. The lowest BCUT2D eigenvalue weighted by molar-refractivity contribution is 0.388. The summed E-state index contributed by atoms with van der Waals surface area (Å²) in [6.07, 6.45) is 0. The van der Waals surface area contributed by atoms with E-state index >= 15 is 0 Å². The third kappa shape index (κ3) is 2.88. The highest BCUT2D eigenvalue weighted by atomic mass is 16.3. The Morgan fingerprint density at radius 1 is 1.33 bits per heavy atom. The quantitative estimate of drug-likeness (QED) is 0.728. The lowest BCUT2D eigenvalue weighted by Gasteiger charge is -2.26. The molecule has 0 saturated heterocycles. The molecule has 1 aromatic carbocycles. The van der Waals surface area contributed by atoms with Gasteiger partial charge >= 0.3 is 0 Å². The van der Waals surface area contributed by atoms with E-state index in [1.54, 1.807) is 18.2 Å². The van der Waals surface area contributed by atoms with Gasteiger partial charge in [0.05, 0.1) is 11.8 Å². The third-order valence-electron chi connectivity index (χ3n) is 2.20. The Hall–Kier alpha value is -1.69. The summed E-state index contributed by atoms with van der Waals surface area (Å²) in [4.78, 5) is 0. The Morgan fingerprint density at radius 2 is 1.93 bits per heavy atom. The molecule has 0 bridgehead atoms. The second-order valence-electron chi connectivity index (χ2n) is 4.59. The van der Waals surface area contributed by atoms with Gasteiger partial charge in [-0.15, -0.1) is 0 Å². The summed E-state index contributed by atoms with van der Waals surface area (Å²) in [5, 5.41) is 21.6. The van der Waals surface area contributed by atoms with Gasteiger partial charge in [-0.25, -0.2) is 0 Å². The van der Waals surface area contributed by atoms with E-state index in [2.05, 4.69) is 11.4 Å². The molecule has 0 heterocycles. The first-order valence-electron chi connectivity index (χ1n) is 4.89. The minimum Gasteiger partial charge on any atom is -0.506 e. The average molecular weight is 204 g/mol. The maximum Gasteiger partial charge on any atom is 0.138 e. The van der Waals surface area contributed by atoms with Crippen molar-refractivity contribution in [2.24, 2.45) is 5.41 Å². The molecule has 3 nitrogen and oxygen atoms in total. The van der Waals surface area contributed by atoms with E-state index in [4.69, 9.17) is 5.26 Å². The van der Waals surface area contributed by atoms with E-state index in [0.717, 1.165) is 0 Å². The summed E-state index contributed by atoms with van der Waals surface area (Å²) >= 11 is 0. The van der Waals surface area contributed by atoms with Gasteiger partial charge in [-0.1, -0.05) is 32.9 Å². The number of nitriles is 1. The number of rotatable bonds is 2. The second-order valence-corrected chi connectivity index (χ2v) is 4.59. The van der Waals surface area contributed by atoms with Gasteiger partial charge < -0.3 is 10.4 Å². The molecule has 0 spiro atoms. The number of phenols is 1. The van der Waals surface area contributed by atoms with Gasteiger partial charge in [-0.05, 0) is 17.5 Å². The topological polar surface area (TPSA) is 56.0 Å². The molecule has 0 aliphatic carbocycles. The molecule has 2 N–H and O–H groups in total. The summed E-state index contributed by atoms with van der Waals surface area (Å²) in [7, 11) is 0. The Labute approximate surface area is 90.4 Å². The fourth-order valence-corrected chi connectivity index (χ4v) is 1.19. The molecule has 80 valence electrons. The minimum absolute atomic E-state index is 0.169. The Bertz CT molecular complexity index is 374. The standard InChI is InChI=1S/C12H16N2O/c1-12(2,3)11(8-13)14-9-6-4-5-7-10(9)15/h4-7,11,14-15H,1-3H3/t11-/m1/s1. The first-order chi connectivity index (χ1) is 6.95. The third-order valence-corrected chi connectivity index (χ3v) is 2.20. The molecule has 0 unspecified atom stereocenters. The Morgan fingerprint density at radius 3 is 2.40 bits per heavy atom. The minimum atomic E-state index is -0.328. The van der Waals surface area contributed by atoms with Crippen LogP contribution in [0.15, 0.2) is 24.3 Å². The van der Waals surface area contributed by atoms with Crippen molar-refractivity contribution >= 4 is 5.69 Å². The highest BCUT2D eigenvalue weighted by Crippen LogP contribution is 2.27. The molecule has 0 amide bonds. The Kier molecular flexibility index (Phi) is 3.21. The van der Waals surface area contributed by atoms with Crippen molar-refractivity contribution in [1.29, 1.82) is 5.26 Å². The number of aromatic hydroxyl groups is 1. The predicted octanol–water partition coefficient (Wildman–Crippen LogP) is 2.74. The van der Waals surface area contributed by atoms with Crippen molar-refractivity contribution in [3.63, 3.8) is 0 Å². The van der Waals surface area contributed by atoms with E-state index in [0.29, 0.717) is 5.69 Å². The number of para-hydroxylation sites is 2. The van der Waals surface area contributed by atoms with Crippen LogP contribution >= 0.6 is 0 Å². The van der Waals surface area contributed by atoms with Crippen LogP contribution in [0.1, 0.15) is 20.8 Å². The van der Waals surface area contributed by atoms with Crippen LogP contribution in [0.4, 0.5) is 5.69 Å². The van der Waals surface area contributed by atoms with Gasteiger partial charge in [-0.2, -0.15) is 5.26 Å². The largest absolute Gasteiger partial charge is 0.506 e. The SMILES string of the molecule is CC(C)(C)[C@@H](C#N)Nc1ccccc1O. The normalized spacial score (nSPS) is 12.9. The molecule has 0 saturated carbocycles. The van der Waals surface area contributed by atoms with Gasteiger partial charge in [0.15, 0.2) is 0 Å². The summed E-state index contributed by atoms with van der Waals surface area (Å²) in [5.74, 6) is 0.169. The fraction of sp³-hybridized carbons (Fsp3) is 0.417. The van der Waals surface area contributed by atoms with Crippen molar-refractivity contribution in [2.45, 2.75) is 26.8 Å². The average Bonchev–Trinajstić information content (AvgIpc) is 2.14. The number of benzene rings is 1. The van der Waals surface area contributed by atoms with E-state index in [1.807, 2.05) is 26.8 Å². The van der Waals surface area contributed by atoms with Crippen molar-refractivity contribution < 1.29 is 5.11 Å². The zero-order valence-corrected chi connectivity index (χ0v) is 9.28. The van der Waals surface area contributed by atoms with Gasteiger partial charge in [0.1, 0.15) is 11.8 Å². The highest BCUT2D eigenvalue weighted by molar-refractivity contribution is 5.56. The number of phenolic OH excluding ortho intramolecular Hbond substituents is 1. The van der Waals surface area contributed by atoms with Crippen molar-refractivity contribution in [1.82, 2.24) is 0 Å². The fourth-order valence-electron chi connectivity index (χ4n) is 1.19. The lowest BCUT2D eigenvalue weighted by atomic mass is 9.87. The van der Waals surface area contributed by atoms with Crippen LogP contribution in [-0.2, 0) is 0 Å². The molecule has 0 aliphatic rings. The molecule has 1 aromatic rings. The van der Waals surface area contributed by atoms with Gasteiger partial charge in [0.2, 0.25) is 0 Å². The maximum atomic E-state index is 9.55. The van der Waals surface area contributed by atoms with E-state index < -0.39 is 0 Å². The van der Waals surface area contributed by atoms with Crippen molar-refractivity contribution in [3.8, 4) is 11.8 Å². The summed E-state index contributed by atoms with van der Waals surface area (Å²) in [6.45, 7) is 5.94.